The third-order valence-corrected chi connectivity index (χ3v) is 2.88. The van der Waals surface area contributed by atoms with Gasteiger partial charge in [-0.25, -0.2) is 4.39 Å². The van der Waals surface area contributed by atoms with Gasteiger partial charge in [-0.3, -0.25) is 0 Å². The van der Waals surface area contributed by atoms with Gasteiger partial charge in [0.05, 0.1) is 12.5 Å². The molecule has 2 N–H and O–H groups in total. The van der Waals surface area contributed by atoms with Gasteiger partial charge < -0.3 is 10.6 Å². The van der Waals surface area contributed by atoms with Gasteiger partial charge in [-0.05, 0) is 44.5 Å². The molecule has 0 saturated carbocycles. The summed E-state index contributed by atoms with van der Waals surface area (Å²) in [5.41, 5.74) is 7.58. The van der Waals surface area contributed by atoms with E-state index in [-0.39, 0.29) is 17.9 Å². The summed E-state index contributed by atoms with van der Waals surface area (Å²) >= 11 is 0. The Balaban J connectivity index is 3.15. The molecular formula is C14H20FN3. The van der Waals surface area contributed by atoms with Crippen LogP contribution < -0.4 is 10.6 Å². The highest BCUT2D eigenvalue weighted by Gasteiger charge is 2.16. The van der Waals surface area contributed by atoms with Crippen molar-refractivity contribution >= 4 is 5.69 Å². The van der Waals surface area contributed by atoms with Crippen molar-refractivity contribution < 1.29 is 4.39 Å². The quantitative estimate of drug-likeness (QED) is 0.872. The highest BCUT2D eigenvalue weighted by atomic mass is 19.1. The SMILES string of the molecule is CC(N)c1cc(F)ccc1N(CCC#N)C(C)C. The van der Waals surface area contributed by atoms with E-state index in [0.29, 0.717) is 13.0 Å². The summed E-state index contributed by atoms with van der Waals surface area (Å²) in [5.74, 6) is -0.282. The van der Waals surface area contributed by atoms with Crippen molar-refractivity contribution in [2.24, 2.45) is 5.73 Å². The predicted molar refractivity (Wildman–Crippen MR) is 71.7 cm³/mol. The minimum Gasteiger partial charge on any atom is -0.368 e. The van der Waals surface area contributed by atoms with Gasteiger partial charge in [-0.1, -0.05) is 0 Å². The van der Waals surface area contributed by atoms with Gasteiger partial charge in [-0.2, -0.15) is 5.26 Å². The van der Waals surface area contributed by atoms with Crippen molar-refractivity contribution in [1.29, 1.82) is 5.26 Å². The van der Waals surface area contributed by atoms with E-state index in [4.69, 9.17) is 11.0 Å². The summed E-state index contributed by atoms with van der Waals surface area (Å²) in [5, 5.41) is 8.71. The molecule has 0 bridgehead atoms. The molecule has 4 heteroatoms. The van der Waals surface area contributed by atoms with Crippen molar-refractivity contribution in [2.75, 3.05) is 11.4 Å². The second-order valence-electron chi connectivity index (χ2n) is 4.69. The standard InChI is InChI=1S/C14H20FN3/c1-10(2)18(8-4-7-16)14-6-5-12(15)9-13(14)11(3)17/h5-6,9-11H,4,8,17H2,1-3H3. The highest BCUT2D eigenvalue weighted by molar-refractivity contribution is 5.55. The molecule has 1 rings (SSSR count). The molecule has 1 atom stereocenters. The van der Waals surface area contributed by atoms with Crippen molar-refractivity contribution in [3.63, 3.8) is 0 Å². The van der Waals surface area contributed by atoms with Crippen molar-refractivity contribution in [1.82, 2.24) is 0 Å². The molecule has 1 aromatic carbocycles. The Bertz CT molecular complexity index is 435. The molecule has 0 heterocycles. The van der Waals surface area contributed by atoms with Crippen LogP contribution in [0.1, 0.15) is 38.8 Å². The topological polar surface area (TPSA) is 53.0 Å². The Morgan fingerprint density at radius 3 is 2.56 bits per heavy atom. The summed E-state index contributed by atoms with van der Waals surface area (Å²) < 4.78 is 13.3. The van der Waals surface area contributed by atoms with Gasteiger partial charge in [0.15, 0.2) is 0 Å². The molecule has 1 aromatic rings. The number of anilines is 1. The van der Waals surface area contributed by atoms with Crippen molar-refractivity contribution in [3.05, 3.63) is 29.6 Å². The Morgan fingerprint density at radius 2 is 2.06 bits per heavy atom. The molecule has 1 unspecified atom stereocenters. The lowest BCUT2D eigenvalue weighted by molar-refractivity contribution is 0.618. The maximum atomic E-state index is 13.3. The summed E-state index contributed by atoms with van der Waals surface area (Å²) in [6.45, 7) is 6.55. The first-order chi connectivity index (χ1) is 8.47. The van der Waals surface area contributed by atoms with E-state index in [2.05, 4.69) is 11.0 Å². The molecule has 0 radical (unpaired) electrons. The van der Waals surface area contributed by atoms with E-state index < -0.39 is 0 Å². The maximum absolute atomic E-state index is 13.3. The lowest BCUT2D eigenvalue weighted by Crippen LogP contribution is -2.33. The molecule has 98 valence electrons. The molecule has 0 amide bonds. The summed E-state index contributed by atoms with van der Waals surface area (Å²) in [4.78, 5) is 2.08. The lowest BCUT2D eigenvalue weighted by atomic mass is 10.0. The molecule has 0 aliphatic rings. The summed E-state index contributed by atoms with van der Waals surface area (Å²) in [7, 11) is 0. The molecule has 0 saturated heterocycles. The van der Waals surface area contributed by atoms with Crippen LogP contribution in [0.5, 0.6) is 0 Å². The van der Waals surface area contributed by atoms with E-state index in [0.717, 1.165) is 11.3 Å². The van der Waals surface area contributed by atoms with E-state index in [1.807, 2.05) is 20.8 Å². The highest BCUT2D eigenvalue weighted by Crippen LogP contribution is 2.27. The largest absolute Gasteiger partial charge is 0.368 e. The average molecular weight is 249 g/mol. The number of hydrogen-bond donors (Lipinski definition) is 1. The first-order valence-corrected chi connectivity index (χ1v) is 6.16. The van der Waals surface area contributed by atoms with Crippen LogP contribution in [-0.2, 0) is 0 Å². The molecule has 0 fully saturated rings. The third-order valence-electron chi connectivity index (χ3n) is 2.88. The first-order valence-electron chi connectivity index (χ1n) is 6.16. The predicted octanol–water partition coefficient (Wildman–Crippen LogP) is 2.97. The van der Waals surface area contributed by atoms with Crippen LogP contribution in [-0.4, -0.2) is 12.6 Å². The van der Waals surface area contributed by atoms with Crippen molar-refractivity contribution in [2.45, 2.75) is 39.3 Å². The Hall–Kier alpha value is -1.60. The molecule has 3 nitrogen and oxygen atoms in total. The summed E-state index contributed by atoms with van der Waals surface area (Å²) in [6.07, 6.45) is 0.438. The van der Waals surface area contributed by atoms with Gasteiger partial charge in [0.25, 0.3) is 0 Å². The fraction of sp³-hybridized carbons (Fsp3) is 0.500. The number of halogens is 1. The van der Waals surface area contributed by atoms with Crippen LogP contribution in [0.25, 0.3) is 0 Å². The van der Waals surface area contributed by atoms with Gasteiger partial charge in [-0.15, -0.1) is 0 Å². The normalized spacial score (nSPS) is 12.3. The van der Waals surface area contributed by atoms with Crippen molar-refractivity contribution in [3.8, 4) is 6.07 Å². The molecule has 18 heavy (non-hydrogen) atoms. The van der Waals surface area contributed by atoms with E-state index in [1.54, 1.807) is 6.07 Å². The zero-order chi connectivity index (χ0) is 13.7. The van der Waals surface area contributed by atoms with Crippen LogP contribution >= 0.6 is 0 Å². The van der Waals surface area contributed by atoms with Gasteiger partial charge in [0, 0.05) is 24.3 Å². The number of benzene rings is 1. The second-order valence-corrected chi connectivity index (χ2v) is 4.69. The van der Waals surface area contributed by atoms with Crippen LogP contribution in [0.2, 0.25) is 0 Å². The second kappa shape index (κ2) is 6.36. The maximum Gasteiger partial charge on any atom is 0.123 e. The van der Waals surface area contributed by atoms with E-state index in [9.17, 15) is 4.39 Å². The minimum absolute atomic E-state index is 0.237. The van der Waals surface area contributed by atoms with Crippen LogP contribution in [0, 0.1) is 17.1 Å². The lowest BCUT2D eigenvalue weighted by Gasteiger charge is -2.31. The number of hydrogen-bond acceptors (Lipinski definition) is 3. The van der Waals surface area contributed by atoms with Crippen LogP contribution in [0.3, 0.4) is 0 Å². The Labute approximate surface area is 108 Å². The molecular weight excluding hydrogens is 229 g/mol. The smallest absolute Gasteiger partial charge is 0.123 e. The van der Waals surface area contributed by atoms with Gasteiger partial charge in [0.2, 0.25) is 0 Å². The van der Waals surface area contributed by atoms with E-state index >= 15 is 0 Å². The number of rotatable bonds is 5. The van der Waals surface area contributed by atoms with Gasteiger partial charge in [0.1, 0.15) is 5.82 Å². The molecule has 0 aliphatic carbocycles. The zero-order valence-electron chi connectivity index (χ0n) is 11.2. The van der Waals surface area contributed by atoms with Crippen LogP contribution in [0.15, 0.2) is 18.2 Å². The molecule has 0 spiro atoms. The Kier molecular flexibility index (Phi) is 5.11. The Morgan fingerprint density at radius 1 is 1.39 bits per heavy atom. The fourth-order valence-electron chi connectivity index (χ4n) is 1.98. The average Bonchev–Trinajstić information content (AvgIpc) is 2.30. The zero-order valence-corrected chi connectivity index (χ0v) is 11.2. The fourth-order valence-corrected chi connectivity index (χ4v) is 1.98. The molecule has 0 aliphatic heterocycles. The number of nitrogens with zero attached hydrogens (tertiary/aromatic N) is 2. The summed E-state index contributed by atoms with van der Waals surface area (Å²) in [6, 6.07) is 6.79. The minimum atomic E-state index is -0.282. The van der Waals surface area contributed by atoms with Gasteiger partial charge >= 0.3 is 0 Å². The van der Waals surface area contributed by atoms with Crippen LogP contribution in [0.4, 0.5) is 10.1 Å². The first kappa shape index (κ1) is 14.5. The third kappa shape index (κ3) is 3.44. The molecule has 0 aromatic heterocycles. The monoisotopic (exact) mass is 249 g/mol. The van der Waals surface area contributed by atoms with E-state index in [1.165, 1.54) is 12.1 Å². The number of nitriles is 1. The number of nitrogens with two attached hydrogens (primary N) is 1.